The number of aliphatic hydroxyl groups is 1. The van der Waals surface area contributed by atoms with Crippen LogP contribution in [0.15, 0.2) is 12.7 Å². The number of carbonyl (C=O) groups excluding carboxylic acids is 3. The van der Waals surface area contributed by atoms with Crippen molar-refractivity contribution < 1.29 is 51.7 Å². The number of nitrogens with one attached hydrogen (secondary N) is 2. The van der Waals surface area contributed by atoms with E-state index in [1.165, 1.54) is 34.9 Å². The van der Waals surface area contributed by atoms with E-state index < -0.39 is 44.7 Å². The largest absolute Gasteiger partial charge is 0.448 e. The predicted octanol–water partition coefficient (Wildman–Crippen LogP) is 3.30. The summed E-state index contributed by atoms with van der Waals surface area (Å²) < 4.78 is 51.4. The van der Waals surface area contributed by atoms with Gasteiger partial charge >= 0.3 is 12.9 Å². The zero-order chi connectivity index (χ0) is 33.0. The Bertz CT molecular complexity index is 1390. The smallest absolute Gasteiger partial charge is 0.412 e. The van der Waals surface area contributed by atoms with Crippen LogP contribution in [-0.4, -0.2) is 99.1 Å². The van der Waals surface area contributed by atoms with Crippen molar-refractivity contribution >= 4 is 94.9 Å². The van der Waals surface area contributed by atoms with Crippen LogP contribution in [0.4, 0.5) is 10.6 Å². The maximum atomic E-state index is 12.4. The molecule has 3 heterocycles. The quantitative estimate of drug-likeness (QED) is 0.0602. The molecule has 1 aliphatic rings. The molecular formula is C22H34N6O11P2S4. The van der Waals surface area contributed by atoms with Gasteiger partial charge in [0, 0.05) is 38.0 Å². The molecule has 0 aliphatic carbocycles. The number of fused-ring (bicyclic) bond motifs is 1. The number of amides is 2. The van der Waals surface area contributed by atoms with Crippen molar-refractivity contribution in [2.24, 2.45) is 0 Å². The summed E-state index contributed by atoms with van der Waals surface area (Å²) in [5.74, 6) is 1.22. The van der Waals surface area contributed by atoms with E-state index in [1.54, 1.807) is 10.8 Å². The molecule has 2 unspecified atom stereocenters. The highest BCUT2D eigenvalue weighted by atomic mass is 33.1. The molecule has 23 heteroatoms. The number of aliphatic hydroxyl groups excluding tert-OH is 1. The molecule has 2 amide bonds. The monoisotopic (exact) mass is 748 g/mol. The lowest BCUT2D eigenvalue weighted by molar-refractivity contribution is -0.121. The standard InChI is InChI=1S/C22H34N6O11P2S4/c1-13(29)5-6-23-15(30)4-3-8-44-45-9-7-36-22(32)27-19-16-20(25-11-24-19)28(12-26-16)21-17(31)18(39-40(33)42)14(38-21)10-37-41(34,43)35-2/h11-12,14,17-18,21,31,40H,3-10H2,1-2H3,(H,23,30)(H,33,42)(H,34,43)(H,24,25,27,32)/t14-,17-,18-,21-,41?/m1/s1. The first-order valence-electron chi connectivity index (χ1n) is 13.3. The summed E-state index contributed by atoms with van der Waals surface area (Å²) in [6.45, 7) is -2.14. The Kier molecular flexibility index (Phi) is 15.9. The van der Waals surface area contributed by atoms with Crippen molar-refractivity contribution in [3.05, 3.63) is 12.7 Å². The van der Waals surface area contributed by atoms with Gasteiger partial charge in [-0.25, -0.2) is 24.3 Å². The van der Waals surface area contributed by atoms with E-state index in [-0.39, 0.29) is 41.9 Å². The van der Waals surface area contributed by atoms with Crippen LogP contribution < -0.4 is 10.6 Å². The number of anilines is 1. The van der Waals surface area contributed by atoms with E-state index in [1.807, 2.05) is 0 Å². The molecule has 0 bridgehead atoms. The van der Waals surface area contributed by atoms with Gasteiger partial charge in [0.05, 0.1) is 12.9 Å². The fraction of sp³-hybridized carbons (Fsp3) is 0.636. The number of nitrogens with zero attached hydrogens (tertiary/aromatic N) is 4. The first-order valence-corrected chi connectivity index (χ1v) is 21.1. The average molecular weight is 749 g/mol. The number of ether oxygens (including phenoxy) is 2. The molecule has 0 aromatic carbocycles. The maximum absolute atomic E-state index is 12.4. The molecule has 2 aromatic heterocycles. The van der Waals surface area contributed by atoms with Crippen molar-refractivity contribution in [3.63, 3.8) is 0 Å². The molecule has 0 saturated carbocycles. The fourth-order valence-corrected chi connectivity index (χ4v) is 7.32. The fourth-order valence-electron chi connectivity index (χ4n) is 3.87. The molecule has 2 aromatic rings. The van der Waals surface area contributed by atoms with E-state index in [0.29, 0.717) is 31.6 Å². The SMILES string of the molecule is COP(=O)(S)OC[C@H]1O[C@@H](n2cnc3c(NC(=O)OCCSSCCCC(=O)NCCC(C)=O)ncnc32)[C@H](O)[C@@H]1O[PH](=O)S. The summed E-state index contributed by atoms with van der Waals surface area (Å²) in [7, 11) is 1.36. The molecular weight excluding hydrogens is 714 g/mol. The zero-order valence-corrected chi connectivity index (χ0v) is 29.4. The number of imidazole rings is 1. The number of ketones is 1. The van der Waals surface area contributed by atoms with Gasteiger partial charge in [-0.2, -0.15) is 0 Å². The number of hydrogen-bond donors (Lipinski definition) is 5. The molecule has 1 aliphatic heterocycles. The van der Waals surface area contributed by atoms with Gasteiger partial charge in [0.2, 0.25) is 13.1 Å². The first-order chi connectivity index (χ1) is 21.4. The van der Waals surface area contributed by atoms with Gasteiger partial charge in [0.25, 0.3) is 0 Å². The minimum atomic E-state index is -3.70. The minimum absolute atomic E-state index is 0.0277. The third-order valence-electron chi connectivity index (χ3n) is 5.95. The van der Waals surface area contributed by atoms with Gasteiger partial charge in [-0.3, -0.25) is 28.6 Å². The van der Waals surface area contributed by atoms with Crippen LogP contribution in [0.25, 0.3) is 11.2 Å². The number of thiol groups is 2. The van der Waals surface area contributed by atoms with Gasteiger partial charge in [-0.05, 0) is 13.3 Å². The van der Waals surface area contributed by atoms with Crippen molar-refractivity contribution in [1.29, 1.82) is 0 Å². The van der Waals surface area contributed by atoms with Crippen LogP contribution in [-0.2, 0) is 41.8 Å². The lowest BCUT2D eigenvalue weighted by Gasteiger charge is -2.20. The maximum Gasteiger partial charge on any atom is 0.412 e. The van der Waals surface area contributed by atoms with Crippen LogP contribution >= 0.6 is 60.1 Å². The van der Waals surface area contributed by atoms with E-state index in [4.69, 9.17) is 18.5 Å². The van der Waals surface area contributed by atoms with E-state index in [9.17, 15) is 28.6 Å². The lowest BCUT2D eigenvalue weighted by Crippen LogP contribution is -2.34. The molecule has 45 heavy (non-hydrogen) atoms. The number of aromatic nitrogens is 4. The van der Waals surface area contributed by atoms with Gasteiger partial charge in [-0.1, -0.05) is 46.1 Å². The molecule has 252 valence electrons. The first kappa shape index (κ1) is 38.1. The summed E-state index contributed by atoms with van der Waals surface area (Å²) >= 11 is 7.58. The minimum Gasteiger partial charge on any atom is -0.448 e. The Balaban J connectivity index is 1.49. The van der Waals surface area contributed by atoms with Crippen LogP contribution in [0, 0.1) is 0 Å². The van der Waals surface area contributed by atoms with Crippen molar-refractivity contribution in [3.8, 4) is 0 Å². The summed E-state index contributed by atoms with van der Waals surface area (Å²) in [5, 5.41) is 16.2. The Morgan fingerprint density at radius 1 is 1.22 bits per heavy atom. The Hall–Kier alpha value is -1.38. The van der Waals surface area contributed by atoms with Gasteiger partial charge in [-0.15, -0.1) is 0 Å². The topological polar surface area (TPSA) is 219 Å². The van der Waals surface area contributed by atoms with Crippen molar-refractivity contribution in [1.82, 2.24) is 24.8 Å². The van der Waals surface area contributed by atoms with Crippen LogP contribution in [0.5, 0.6) is 0 Å². The predicted molar refractivity (Wildman–Crippen MR) is 175 cm³/mol. The second kappa shape index (κ2) is 18.8. The van der Waals surface area contributed by atoms with Crippen molar-refractivity contribution in [2.75, 3.05) is 43.7 Å². The highest BCUT2D eigenvalue weighted by molar-refractivity contribution is 8.76. The summed E-state index contributed by atoms with van der Waals surface area (Å²) in [6, 6.07) is 0. The summed E-state index contributed by atoms with van der Waals surface area (Å²) in [5.41, 5.74) is 0.346. The summed E-state index contributed by atoms with van der Waals surface area (Å²) in [6.07, 6.45) is -1.72. The zero-order valence-electron chi connectivity index (χ0n) is 24.1. The molecule has 0 radical (unpaired) electrons. The number of Topliss-reactive ketones (excluding diaryl/α,β-unsaturated/α-hetero) is 1. The lowest BCUT2D eigenvalue weighted by atomic mass is 10.1. The molecule has 3 rings (SSSR count). The number of carbonyl (C=O) groups is 3. The van der Waals surface area contributed by atoms with Crippen LogP contribution in [0.3, 0.4) is 0 Å². The highest BCUT2D eigenvalue weighted by Crippen LogP contribution is 2.53. The highest BCUT2D eigenvalue weighted by Gasteiger charge is 2.47. The van der Waals surface area contributed by atoms with Crippen LogP contribution in [0.2, 0.25) is 0 Å². The third kappa shape index (κ3) is 12.3. The molecule has 3 N–H and O–H groups in total. The van der Waals surface area contributed by atoms with E-state index in [0.717, 1.165) is 12.9 Å². The number of rotatable bonds is 19. The summed E-state index contributed by atoms with van der Waals surface area (Å²) in [4.78, 5) is 47.5. The Labute approximate surface area is 277 Å². The van der Waals surface area contributed by atoms with E-state index in [2.05, 4.69) is 54.6 Å². The Morgan fingerprint density at radius 2 is 1.98 bits per heavy atom. The number of hydrogen-bond acceptors (Lipinski definition) is 16. The molecule has 1 saturated heterocycles. The average Bonchev–Trinajstić information content (AvgIpc) is 3.54. The molecule has 6 atom stereocenters. The molecule has 17 nitrogen and oxygen atoms in total. The van der Waals surface area contributed by atoms with Gasteiger partial charge < -0.3 is 28.9 Å². The van der Waals surface area contributed by atoms with E-state index >= 15 is 0 Å². The third-order valence-corrected chi connectivity index (χ3v) is 11.0. The molecule has 1 fully saturated rings. The van der Waals surface area contributed by atoms with Gasteiger partial charge in [0.15, 0.2) is 23.2 Å². The molecule has 0 spiro atoms. The van der Waals surface area contributed by atoms with Crippen molar-refractivity contribution in [2.45, 2.75) is 50.7 Å². The normalized spacial score (nSPS) is 21.7. The second-order valence-electron chi connectivity index (χ2n) is 9.21. The van der Waals surface area contributed by atoms with Crippen LogP contribution in [0.1, 0.15) is 32.4 Å². The van der Waals surface area contributed by atoms with Gasteiger partial charge in [0.1, 0.15) is 37.0 Å². The second-order valence-corrected chi connectivity index (χ2v) is 16.8. The Morgan fingerprint density at radius 3 is 2.69 bits per heavy atom.